The minimum absolute atomic E-state index is 0.0726. The number of nitrogens with one attached hydrogen (secondary N) is 1. The summed E-state index contributed by atoms with van der Waals surface area (Å²) in [6.07, 6.45) is 2.61. The number of nitro groups is 1. The molecule has 0 bridgehead atoms. The average molecular weight is 279 g/mol. The lowest BCUT2D eigenvalue weighted by Gasteiger charge is -1.97. The van der Waals surface area contributed by atoms with E-state index in [2.05, 4.69) is 10.5 Å². The van der Waals surface area contributed by atoms with Crippen molar-refractivity contribution in [1.29, 1.82) is 0 Å². The maximum absolute atomic E-state index is 11.1. The Morgan fingerprint density at radius 3 is 2.68 bits per heavy atom. The van der Waals surface area contributed by atoms with Crippen LogP contribution in [0.1, 0.15) is 5.56 Å². The molecule has 0 unspecified atom stereocenters. The summed E-state index contributed by atoms with van der Waals surface area (Å²) in [5.74, 6) is 0. The first kappa shape index (κ1) is 13.0. The Labute approximate surface area is 109 Å². The Hall–Kier alpha value is -2.48. The maximum atomic E-state index is 11.1. The van der Waals surface area contributed by atoms with Crippen molar-refractivity contribution in [2.45, 2.75) is 0 Å². The Bertz CT molecular complexity index is 704. The third kappa shape index (κ3) is 3.26. The molecule has 19 heavy (non-hydrogen) atoms. The van der Waals surface area contributed by atoms with E-state index in [0.717, 1.165) is 10.8 Å². The second-order valence-electron chi connectivity index (χ2n) is 3.65. The summed E-state index contributed by atoms with van der Waals surface area (Å²) < 4.78 is 22.1. The molecule has 0 aromatic heterocycles. The monoisotopic (exact) mass is 279 g/mol. The molecule has 1 aliphatic heterocycles. The molecule has 0 saturated carbocycles. The first-order valence-corrected chi connectivity index (χ1v) is 6.76. The Morgan fingerprint density at radius 1 is 1.32 bits per heavy atom. The fraction of sp³-hybridized carbons (Fsp3) is 0. The number of allylic oxidation sites excluding steroid dienone is 1. The van der Waals surface area contributed by atoms with Gasteiger partial charge in [0.25, 0.3) is 5.69 Å². The molecule has 1 aromatic rings. The van der Waals surface area contributed by atoms with Crippen molar-refractivity contribution in [2.75, 3.05) is 0 Å². The van der Waals surface area contributed by atoms with Gasteiger partial charge in [0.1, 0.15) is 0 Å². The van der Waals surface area contributed by atoms with E-state index in [9.17, 15) is 18.5 Å². The van der Waals surface area contributed by atoms with Gasteiger partial charge < -0.3 is 0 Å². The molecule has 0 radical (unpaired) electrons. The molecule has 0 atom stereocenters. The van der Waals surface area contributed by atoms with E-state index in [0.29, 0.717) is 11.3 Å². The van der Waals surface area contributed by atoms with Gasteiger partial charge in [0.15, 0.2) is 9.84 Å². The summed E-state index contributed by atoms with van der Waals surface area (Å²) >= 11 is 0. The van der Waals surface area contributed by atoms with Crippen LogP contribution in [0.5, 0.6) is 0 Å². The molecule has 0 saturated heterocycles. The van der Waals surface area contributed by atoms with E-state index < -0.39 is 14.8 Å². The second kappa shape index (κ2) is 5.02. The number of nitro benzene ring substituents is 1. The van der Waals surface area contributed by atoms with Gasteiger partial charge in [0.2, 0.25) is 0 Å². The lowest BCUT2D eigenvalue weighted by atomic mass is 10.2. The number of nitrogens with zero attached hydrogens (tertiary/aromatic N) is 2. The summed E-state index contributed by atoms with van der Waals surface area (Å²) in [5, 5.41) is 16.6. The van der Waals surface area contributed by atoms with E-state index >= 15 is 0 Å². The summed E-state index contributed by atoms with van der Waals surface area (Å²) in [7, 11) is -3.30. The highest BCUT2D eigenvalue weighted by Crippen LogP contribution is 2.15. The lowest BCUT2D eigenvalue weighted by Crippen LogP contribution is -2.03. The number of rotatable bonds is 4. The van der Waals surface area contributed by atoms with Crippen LogP contribution in [0.25, 0.3) is 0 Å². The van der Waals surface area contributed by atoms with Gasteiger partial charge in [-0.3, -0.25) is 15.5 Å². The minimum atomic E-state index is -3.30. The minimum Gasteiger partial charge on any atom is -0.278 e. The highest BCUT2D eigenvalue weighted by Gasteiger charge is 2.11. The van der Waals surface area contributed by atoms with Crippen LogP contribution in [0.4, 0.5) is 5.69 Å². The van der Waals surface area contributed by atoms with E-state index in [-0.39, 0.29) is 5.69 Å². The Kier molecular flexibility index (Phi) is 3.43. The van der Waals surface area contributed by atoms with Gasteiger partial charge in [0.05, 0.1) is 27.8 Å². The van der Waals surface area contributed by atoms with Crippen molar-refractivity contribution < 1.29 is 13.3 Å². The third-order valence-electron chi connectivity index (χ3n) is 2.26. The molecule has 0 amide bonds. The zero-order chi connectivity index (χ0) is 13.9. The summed E-state index contributed by atoms with van der Waals surface area (Å²) in [6, 6.07) is 6.10. The topological polar surface area (TPSA) is 102 Å². The second-order valence-corrected chi connectivity index (χ2v) is 5.34. The van der Waals surface area contributed by atoms with E-state index in [1.165, 1.54) is 18.4 Å². The van der Waals surface area contributed by atoms with Crippen LogP contribution in [0, 0.1) is 10.1 Å². The highest BCUT2D eigenvalue weighted by molar-refractivity contribution is 7.97. The van der Waals surface area contributed by atoms with Gasteiger partial charge in [-0.25, -0.2) is 8.42 Å². The molecule has 0 aliphatic carbocycles. The number of para-hydroxylation sites is 1. The molecule has 2 rings (SSSR count). The number of hydrogen-bond acceptors (Lipinski definition) is 6. The zero-order valence-corrected chi connectivity index (χ0v) is 10.4. The maximum Gasteiger partial charge on any atom is 0.278 e. The van der Waals surface area contributed by atoms with E-state index in [1.54, 1.807) is 18.2 Å². The summed E-state index contributed by atoms with van der Waals surface area (Å²) in [4.78, 5) is 10.2. The van der Waals surface area contributed by atoms with Crippen LogP contribution in [-0.2, 0) is 9.84 Å². The number of benzene rings is 1. The smallest absolute Gasteiger partial charge is 0.278 e. The fourth-order valence-corrected chi connectivity index (χ4v) is 2.33. The van der Waals surface area contributed by atoms with Gasteiger partial charge >= 0.3 is 0 Å². The van der Waals surface area contributed by atoms with Crippen LogP contribution < -0.4 is 5.43 Å². The molecule has 1 aromatic carbocycles. The van der Waals surface area contributed by atoms with Crippen molar-refractivity contribution in [3.05, 3.63) is 62.5 Å². The van der Waals surface area contributed by atoms with Crippen LogP contribution in [0.15, 0.2) is 52.0 Å². The quantitative estimate of drug-likeness (QED) is 0.508. The molecule has 8 heteroatoms. The van der Waals surface area contributed by atoms with Gasteiger partial charge in [0, 0.05) is 11.5 Å². The Morgan fingerprint density at radius 2 is 2.05 bits per heavy atom. The molecule has 1 heterocycles. The zero-order valence-electron chi connectivity index (χ0n) is 9.55. The first-order chi connectivity index (χ1) is 8.98. The SMILES string of the molecule is O=[N+]([O-])c1ccccc1/C=N/NC1=CS(=O)(=O)C=C1. The van der Waals surface area contributed by atoms with Gasteiger partial charge in [-0.05, 0) is 12.1 Å². The molecule has 0 fully saturated rings. The molecule has 7 nitrogen and oxygen atoms in total. The number of sulfone groups is 1. The van der Waals surface area contributed by atoms with Crippen molar-refractivity contribution >= 4 is 21.7 Å². The predicted octanol–water partition coefficient (Wildman–Crippen LogP) is 1.30. The van der Waals surface area contributed by atoms with Crippen LogP contribution in [0.3, 0.4) is 0 Å². The van der Waals surface area contributed by atoms with E-state index in [1.807, 2.05) is 0 Å². The predicted molar refractivity (Wildman–Crippen MR) is 70.0 cm³/mol. The lowest BCUT2D eigenvalue weighted by molar-refractivity contribution is -0.385. The summed E-state index contributed by atoms with van der Waals surface area (Å²) in [6.45, 7) is 0. The van der Waals surface area contributed by atoms with Crippen LogP contribution in [0.2, 0.25) is 0 Å². The normalized spacial score (nSPS) is 16.5. The van der Waals surface area contributed by atoms with Gasteiger partial charge in [-0.1, -0.05) is 12.1 Å². The van der Waals surface area contributed by atoms with Crippen molar-refractivity contribution in [3.8, 4) is 0 Å². The molecule has 1 aliphatic rings. The molecular formula is C11H9N3O4S. The van der Waals surface area contributed by atoms with Crippen LogP contribution >= 0.6 is 0 Å². The van der Waals surface area contributed by atoms with Crippen molar-refractivity contribution in [2.24, 2.45) is 5.10 Å². The van der Waals surface area contributed by atoms with Gasteiger partial charge in [-0.15, -0.1) is 0 Å². The number of hydrogen-bond donors (Lipinski definition) is 1. The van der Waals surface area contributed by atoms with E-state index in [4.69, 9.17) is 0 Å². The van der Waals surface area contributed by atoms with Crippen molar-refractivity contribution in [1.82, 2.24) is 5.43 Å². The molecule has 0 spiro atoms. The molecule has 1 N–H and O–H groups in total. The Balaban J connectivity index is 2.13. The third-order valence-corrected chi connectivity index (χ3v) is 3.36. The number of hydrazone groups is 1. The van der Waals surface area contributed by atoms with Crippen molar-refractivity contribution in [3.63, 3.8) is 0 Å². The highest BCUT2D eigenvalue weighted by atomic mass is 32.2. The fourth-order valence-electron chi connectivity index (χ4n) is 1.43. The summed E-state index contributed by atoms with van der Waals surface area (Å²) in [5.41, 5.74) is 3.05. The largest absolute Gasteiger partial charge is 0.278 e. The standard InChI is InChI=1S/C11H9N3O4S/c15-14(16)11-4-2-1-3-9(11)7-12-13-10-5-6-19(17,18)8-10/h1-8,13H/b12-7+. The van der Waals surface area contributed by atoms with Gasteiger partial charge in [-0.2, -0.15) is 5.10 Å². The average Bonchev–Trinajstić information content (AvgIpc) is 2.69. The molecule has 98 valence electrons. The van der Waals surface area contributed by atoms with Crippen LogP contribution in [-0.4, -0.2) is 19.6 Å². The molecular weight excluding hydrogens is 270 g/mol. The first-order valence-electron chi connectivity index (χ1n) is 5.15.